The van der Waals surface area contributed by atoms with Crippen molar-refractivity contribution in [2.24, 2.45) is 0 Å². The van der Waals surface area contributed by atoms with E-state index in [4.69, 9.17) is 4.74 Å². The van der Waals surface area contributed by atoms with Gasteiger partial charge in [-0.1, -0.05) is 55.8 Å². The van der Waals surface area contributed by atoms with Crippen molar-refractivity contribution < 1.29 is 4.74 Å². The van der Waals surface area contributed by atoms with Crippen molar-refractivity contribution in [3.05, 3.63) is 59.2 Å². The molecule has 0 amide bonds. The van der Waals surface area contributed by atoms with Crippen LogP contribution < -0.4 is 0 Å². The Bertz CT molecular complexity index is 586. The van der Waals surface area contributed by atoms with Crippen LogP contribution in [0.2, 0.25) is 0 Å². The normalized spacial score (nSPS) is 10.9. The first-order valence-electron chi connectivity index (χ1n) is 8.45. The van der Waals surface area contributed by atoms with E-state index in [-0.39, 0.29) is 0 Å². The topological polar surface area (TPSA) is 9.23 Å². The summed E-state index contributed by atoms with van der Waals surface area (Å²) in [5.74, 6) is 0. The molecule has 0 N–H and O–H groups in total. The minimum Gasteiger partial charge on any atom is -0.381 e. The molecule has 0 spiro atoms. The Morgan fingerprint density at radius 1 is 0.818 bits per heavy atom. The number of ether oxygens (including phenoxy) is 1. The van der Waals surface area contributed by atoms with Gasteiger partial charge in [-0.05, 0) is 60.9 Å². The summed E-state index contributed by atoms with van der Waals surface area (Å²) in [6, 6.07) is 15.5. The fraction of sp³-hybridized carbons (Fsp3) is 0.429. The molecule has 2 aromatic rings. The van der Waals surface area contributed by atoms with Crippen molar-refractivity contribution in [3.8, 4) is 11.1 Å². The molecule has 0 atom stereocenters. The molecular formula is C21H28O. The van der Waals surface area contributed by atoms with Gasteiger partial charge in [0.1, 0.15) is 0 Å². The van der Waals surface area contributed by atoms with Gasteiger partial charge < -0.3 is 4.74 Å². The predicted octanol–water partition coefficient (Wildman–Crippen LogP) is 5.72. The largest absolute Gasteiger partial charge is 0.381 e. The molecular weight excluding hydrogens is 268 g/mol. The molecule has 2 rings (SSSR count). The van der Waals surface area contributed by atoms with Crippen molar-refractivity contribution in [2.45, 2.75) is 46.5 Å². The Hall–Kier alpha value is -1.60. The standard InChI is InChI=1S/C21H28O/c1-4-5-14-22-15-8-10-19-13-12-18(3)21(16-19)20-11-7-6-9-17(20)2/h6-7,9,11-13,16H,4-5,8,10,14-15H2,1-3H3. The second-order valence-electron chi connectivity index (χ2n) is 6.03. The Morgan fingerprint density at radius 2 is 1.55 bits per heavy atom. The first-order chi connectivity index (χ1) is 10.7. The van der Waals surface area contributed by atoms with Crippen molar-refractivity contribution >= 4 is 0 Å². The summed E-state index contributed by atoms with van der Waals surface area (Å²) in [6.45, 7) is 8.34. The molecule has 0 fully saturated rings. The maximum absolute atomic E-state index is 5.65. The van der Waals surface area contributed by atoms with E-state index in [1.807, 2.05) is 0 Å². The second kappa shape index (κ2) is 8.75. The fourth-order valence-electron chi connectivity index (χ4n) is 2.72. The zero-order valence-electron chi connectivity index (χ0n) is 14.2. The van der Waals surface area contributed by atoms with E-state index in [1.165, 1.54) is 40.7 Å². The number of hydrogen-bond acceptors (Lipinski definition) is 1. The zero-order chi connectivity index (χ0) is 15.8. The molecule has 0 unspecified atom stereocenters. The highest BCUT2D eigenvalue weighted by molar-refractivity contribution is 5.70. The average Bonchev–Trinajstić information content (AvgIpc) is 2.53. The van der Waals surface area contributed by atoms with Gasteiger partial charge in [-0.3, -0.25) is 0 Å². The van der Waals surface area contributed by atoms with E-state index >= 15 is 0 Å². The van der Waals surface area contributed by atoms with Crippen molar-refractivity contribution in [1.29, 1.82) is 0 Å². The monoisotopic (exact) mass is 296 g/mol. The molecule has 0 aliphatic carbocycles. The number of hydrogen-bond donors (Lipinski definition) is 0. The summed E-state index contributed by atoms with van der Waals surface area (Å²) < 4.78 is 5.65. The first kappa shape index (κ1) is 16.8. The lowest BCUT2D eigenvalue weighted by Crippen LogP contribution is -1.99. The van der Waals surface area contributed by atoms with Gasteiger partial charge in [0.05, 0.1) is 0 Å². The van der Waals surface area contributed by atoms with Crippen LogP contribution in [0.5, 0.6) is 0 Å². The van der Waals surface area contributed by atoms with E-state index in [1.54, 1.807) is 0 Å². The lowest BCUT2D eigenvalue weighted by atomic mass is 9.94. The first-order valence-corrected chi connectivity index (χ1v) is 8.45. The van der Waals surface area contributed by atoms with Gasteiger partial charge in [0.2, 0.25) is 0 Å². The highest BCUT2D eigenvalue weighted by Crippen LogP contribution is 2.27. The van der Waals surface area contributed by atoms with E-state index in [0.29, 0.717) is 0 Å². The molecule has 0 bridgehead atoms. The molecule has 0 radical (unpaired) electrons. The van der Waals surface area contributed by atoms with Crippen LogP contribution in [0.3, 0.4) is 0 Å². The Balaban J connectivity index is 2.00. The molecule has 1 nitrogen and oxygen atoms in total. The van der Waals surface area contributed by atoms with E-state index in [0.717, 1.165) is 26.1 Å². The number of benzene rings is 2. The van der Waals surface area contributed by atoms with Crippen molar-refractivity contribution in [2.75, 3.05) is 13.2 Å². The van der Waals surface area contributed by atoms with Crippen LogP contribution in [0.15, 0.2) is 42.5 Å². The molecule has 0 saturated heterocycles. The molecule has 0 aromatic heterocycles. The van der Waals surface area contributed by atoms with Crippen LogP contribution >= 0.6 is 0 Å². The molecule has 0 heterocycles. The van der Waals surface area contributed by atoms with Gasteiger partial charge in [-0.25, -0.2) is 0 Å². The average molecular weight is 296 g/mol. The zero-order valence-corrected chi connectivity index (χ0v) is 14.2. The maximum atomic E-state index is 5.65. The van der Waals surface area contributed by atoms with Crippen LogP contribution in [0.25, 0.3) is 11.1 Å². The second-order valence-corrected chi connectivity index (χ2v) is 6.03. The van der Waals surface area contributed by atoms with Gasteiger partial charge in [0.15, 0.2) is 0 Å². The van der Waals surface area contributed by atoms with E-state index in [2.05, 4.69) is 63.2 Å². The lowest BCUT2D eigenvalue weighted by molar-refractivity contribution is 0.129. The Labute approximate surface area is 135 Å². The summed E-state index contributed by atoms with van der Waals surface area (Å²) in [6.07, 6.45) is 4.56. The highest BCUT2D eigenvalue weighted by atomic mass is 16.5. The van der Waals surface area contributed by atoms with Gasteiger partial charge in [0.25, 0.3) is 0 Å². The van der Waals surface area contributed by atoms with Crippen LogP contribution in [0.1, 0.15) is 42.9 Å². The smallest absolute Gasteiger partial charge is 0.0469 e. The SMILES string of the molecule is CCCCOCCCc1ccc(C)c(-c2ccccc2C)c1. The molecule has 0 saturated carbocycles. The Kier molecular flexibility index (Phi) is 6.67. The molecule has 22 heavy (non-hydrogen) atoms. The van der Waals surface area contributed by atoms with E-state index < -0.39 is 0 Å². The van der Waals surface area contributed by atoms with Crippen LogP contribution in [-0.2, 0) is 11.2 Å². The number of rotatable bonds is 8. The van der Waals surface area contributed by atoms with Crippen LogP contribution in [-0.4, -0.2) is 13.2 Å². The molecule has 118 valence electrons. The minimum atomic E-state index is 0.869. The predicted molar refractivity (Wildman–Crippen MR) is 95.4 cm³/mol. The molecule has 1 heteroatoms. The van der Waals surface area contributed by atoms with Gasteiger partial charge in [-0.2, -0.15) is 0 Å². The van der Waals surface area contributed by atoms with Gasteiger partial charge >= 0.3 is 0 Å². The lowest BCUT2D eigenvalue weighted by Gasteiger charge is -2.12. The summed E-state index contributed by atoms with van der Waals surface area (Å²) in [5.41, 5.74) is 6.80. The minimum absolute atomic E-state index is 0.869. The van der Waals surface area contributed by atoms with Gasteiger partial charge in [-0.15, -0.1) is 0 Å². The van der Waals surface area contributed by atoms with Gasteiger partial charge in [0, 0.05) is 13.2 Å². The number of aryl methyl sites for hydroxylation is 3. The third kappa shape index (κ3) is 4.71. The number of unbranched alkanes of at least 4 members (excludes halogenated alkanes) is 1. The molecule has 0 aliphatic heterocycles. The third-order valence-corrected chi connectivity index (χ3v) is 4.13. The molecule has 0 aliphatic rings. The van der Waals surface area contributed by atoms with Crippen molar-refractivity contribution in [3.63, 3.8) is 0 Å². The van der Waals surface area contributed by atoms with E-state index in [9.17, 15) is 0 Å². The fourth-order valence-corrected chi connectivity index (χ4v) is 2.72. The highest BCUT2D eigenvalue weighted by Gasteiger charge is 2.06. The summed E-state index contributed by atoms with van der Waals surface area (Å²) in [5, 5.41) is 0. The molecule has 2 aromatic carbocycles. The van der Waals surface area contributed by atoms with Crippen LogP contribution in [0.4, 0.5) is 0 Å². The maximum Gasteiger partial charge on any atom is 0.0469 e. The van der Waals surface area contributed by atoms with Crippen molar-refractivity contribution in [1.82, 2.24) is 0 Å². The van der Waals surface area contributed by atoms with Crippen LogP contribution in [0, 0.1) is 13.8 Å². The third-order valence-electron chi connectivity index (χ3n) is 4.13. The Morgan fingerprint density at radius 3 is 2.32 bits per heavy atom. The summed E-state index contributed by atoms with van der Waals surface area (Å²) in [7, 11) is 0. The quantitative estimate of drug-likeness (QED) is 0.566. The summed E-state index contributed by atoms with van der Waals surface area (Å²) in [4.78, 5) is 0. The summed E-state index contributed by atoms with van der Waals surface area (Å²) >= 11 is 0.